The van der Waals surface area contributed by atoms with Gasteiger partial charge in [0.1, 0.15) is 11.4 Å². The molecule has 174 valence electrons. The molecule has 2 heterocycles. The number of aryl methyl sites for hydroxylation is 1. The predicted molar refractivity (Wildman–Crippen MR) is 118 cm³/mol. The van der Waals surface area contributed by atoms with E-state index < -0.39 is 17.2 Å². The van der Waals surface area contributed by atoms with E-state index in [9.17, 15) is 18.0 Å². The van der Waals surface area contributed by atoms with Crippen LogP contribution in [0.15, 0.2) is 30.5 Å². The number of carbonyl (C=O) groups excluding carboxylic acids is 1. The molecule has 0 bridgehead atoms. The van der Waals surface area contributed by atoms with Gasteiger partial charge in [-0.2, -0.15) is 13.2 Å². The van der Waals surface area contributed by atoms with Gasteiger partial charge in [-0.15, -0.1) is 0 Å². The van der Waals surface area contributed by atoms with Gasteiger partial charge in [0.05, 0.1) is 23.1 Å². The zero-order chi connectivity index (χ0) is 23.4. The van der Waals surface area contributed by atoms with Gasteiger partial charge in [0, 0.05) is 18.3 Å². The molecule has 8 heteroatoms. The lowest BCUT2D eigenvalue weighted by atomic mass is 9.90. The minimum Gasteiger partial charge on any atom is -0.487 e. The number of alkyl halides is 3. The van der Waals surface area contributed by atoms with Gasteiger partial charge < -0.3 is 10.1 Å². The molecule has 1 fully saturated rings. The van der Waals surface area contributed by atoms with Crippen LogP contribution in [0.3, 0.4) is 0 Å². The highest BCUT2D eigenvalue weighted by Gasteiger charge is 2.63. The Morgan fingerprint density at radius 1 is 1.18 bits per heavy atom. The summed E-state index contributed by atoms with van der Waals surface area (Å²) in [6.45, 7) is 3.59. The lowest BCUT2D eigenvalue weighted by Crippen LogP contribution is -2.35. The minimum absolute atomic E-state index is 0.0642. The van der Waals surface area contributed by atoms with E-state index >= 15 is 0 Å². The number of ketones is 1. The Morgan fingerprint density at radius 3 is 2.70 bits per heavy atom. The molecule has 0 saturated heterocycles. The molecular formula is C25H26F3N3O2. The summed E-state index contributed by atoms with van der Waals surface area (Å²) in [7, 11) is 0. The third-order valence-electron chi connectivity index (χ3n) is 6.73. The number of carbonyl (C=O) groups is 1. The fraction of sp³-hybridized carbons (Fsp3) is 0.480. The fourth-order valence-electron chi connectivity index (χ4n) is 4.60. The van der Waals surface area contributed by atoms with Crippen LogP contribution in [-0.2, 0) is 6.42 Å². The number of nitrogens with zero attached hydrogens (tertiary/aromatic N) is 2. The number of rotatable bonds is 4. The molecule has 1 aromatic heterocycles. The summed E-state index contributed by atoms with van der Waals surface area (Å²) >= 11 is 0. The van der Waals surface area contributed by atoms with Gasteiger partial charge in [0.15, 0.2) is 5.78 Å². The van der Waals surface area contributed by atoms with Crippen molar-refractivity contribution in [3.05, 3.63) is 52.9 Å². The van der Waals surface area contributed by atoms with Crippen molar-refractivity contribution in [3.8, 4) is 5.75 Å². The topological polar surface area (TPSA) is 64.1 Å². The van der Waals surface area contributed by atoms with E-state index in [2.05, 4.69) is 21.4 Å². The number of halogens is 3. The van der Waals surface area contributed by atoms with E-state index in [0.717, 1.165) is 35.2 Å². The molecule has 1 N–H and O–H groups in total. The summed E-state index contributed by atoms with van der Waals surface area (Å²) in [5.74, 6) is 0.863. The largest absolute Gasteiger partial charge is 0.487 e. The summed E-state index contributed by atoms with van der Waals surface area (Å²) in [5.41, 5.74) is 1.90. The van der Waals surface area contributed by atoms with Crippen molar-refractivity contribution < 1.29 is 22.7 Å². The summed E-state index contributed by atoms with van der Waals surface area (Å²) in [4.78, 5) is 21.4. The highest BCUT2D eigenvalue weighted by Crippen LogP contribution is 2.57. The first-order chi connectivity index (χ1) is 15.6. The average Bonchev–Trinajstić information content (AvgIpc) is 3.54. The molecule has 1 aliphatic heterocycles. The van der Waals surface area contributed by atoms with Gasteiger partial charge in [-0.3, -0.25) is 4.79 Å². The normalized spacial score (nSPS) is 20.6. The first kappa shape index (κ1) is 21.9. The molecule has 2 aromatic rings. The van der Waals surface area contributed by atoms with Crippen molar-refractivity contribution in [2.24, 2.45) is 5.41 Å². The zero-order valence-electron chi connectivity index (χ0n) is 18.7. The van der Waals surface area contributed by atoms with Crippen molar-refractivity contribution in [3.63, 3.8) is 0 Å². The summed E-state index contributed by atoms with van der Waals surface area (Å²) in [5, 5.41) is 2.81. The quantitative estimate of drug-likeness (QED) is 0.634. The van der Waals surface area contributed by atoms with Crippen LogP contribution in [0, 0.1) is 5.41 Å². The lowest BCUT2D eigenvalue weighted by Gasteiger charge is -2.32. The van der Waals surface area contributed by atoms with Gasteiger partial charge in [-0.25, -0.2) is 9.97 Å². The second kappa shape index (κ2) is 7.57. The highest BCUT2D eigenvalue weighted by atomic mass is 19.4. The summed E-state index contributed by atoms with van der Waals surface area (Å²) < 4.78 is 45.8. The van der Waals surface area contributed by atoms with E-state index in [1.807, 2.05) is 26.0 Å². The Bertz CT molecular complexity index is 1150. The van der Waals surface area contributed by atoms with Gasteiger partial charge in [0.25, 0.3) is 0 Å². The van der Waals surface area contributed by atoms with Crippen LogP contribution in [-0.4, -0.2) is 34.1 Å². The van der Waals surface area contributed by atoms with Crippen LogP contribution >= 0.6 is 0 Å². The van der Waals surface area contributed by atoms with E-state index in [0.29, 0.717) is 24.2 Å². The van der Waals surface area contributed by atoms with Crippen molar-refractivity contribution in [2.75, 3.05) is 11.9 Å². The molecule has 0 amide bonds. The molecule has 33 heavy (non-hydrogen) atoms. The number of hydrogen-bond donors (Lipinski definition) is 1. The number of fused-ring (bicyclic) bond motifs is 2. The maximum absolute atomic E-state index is 13.2. The molecule has 5 nitrogen and oxygen atoms in total. The smallest absolute Gasteiger partial charge is 0.396 e. The minimum atomic E-state index is -4.22. The number of hydrogen-bond acceptors (Lipinski definition) is 5. The van der Waals surface area contributed by atoms with Crippen LogP contribution in [0.25, 0.3) is 5.57 Å². The van der Waals surface area contributed by atoms with E-state index in [-0.39, 0.29) is 31.1 Å². The molecule has 0 unspecified atom stereocenters. The standard InChI is InChI=1S/C25H26F3N3O2/c1-23(2)12-20(32)17-8-7-15(11-21(17)33-23)16-5-3-4-6-19-18(16)13-29-22(31-19)30-14-24(9-10-24)25(26,27)28/h5,7-8,11,13H,3-4,6,9-10,12,14H2,1-2H3,(H,29,30,31). The molecule has 0 atom stereocenters. The molecule has 2 aliphatic carbocycles. The first-order valence-electron chi connectivity index (χ1n) is 11.3. The van der Waals surface area contributed by atoms with E-state index in [1.54, 1.807) is 12.3 Å². The number of ether oxygens (including phenoxy) is 1. The second-order valence-corrected chi connectivity index (χ2v) is 9.87. The number of anilines is 1. The average molecular weight is 457 g/mol. The summed E-state index contributed by atoms with van der Waals surface area (Å²) in [6.07, 6.45) is 2.65. The number of Topliss-reactive ketones (excluding diaryl/α,β-unsaturated/α-hetero) is 1. The van der Waals surface area contributed by atoms with Crippen LogP contribution in [0.4, 0.5) is 19.1 Å². The Hall–Kier alpha value is -2.90. The third-order valence-corrected chi connectivity index (χ3v) is 6.73. The molecule has 1 saturated carbocycles. The van der Waals surface area contributed by atoms with Gasteiger partial charge in [-0.1, -0.05) is 12.1 Å². The number of benzene rings is 1. The monoisotopic (exact) mass is 457 g/mol. The molecule has 1 aromatic carbocycles. The van der Waals surface area contributed by atoms with Crippen molar-refractivity contribution in [1.29, 1.82) is 0 Å². The van der Waals surface area contributed by atoms with Crippen LogP contribution in [0.2, 0.25) is 0 Å². The molecule has 0 radical (unpaired) electrons. The van der Waals surface area contributed by atoms with Gasteiger partial charge in [-0.05, 0) is 69.2 Å². The molecule has 3 aliphatic rings. The van der Waals surface area contributed by atoms with Crippen molar-refractivity contribution >= 4 is 17.3 Å². The van der Waals surface area contributed by atoms with Gasteiger partial charge in [0.2, 0.25) is 5.95 Å². The van der Waals surface area contributed by atoms with Crippen LogP contribution in [0.1, 0.15) is 73.1 Å². The Balaban J connectivity index is 1.43. The number of nitrogens with one attached hydrogen (secondary N) is 1. The van der Waals surface area contributed by atoms with Crippen molar-refractivity contribution in [1.82, 2.24) is 9.97 Å². The van der Waals surface area contributed by atoms with E-state index in [1.165, 1.54) is 0 Å². The molecule has 5 rings (SSSR count). The third kappa shape index (κ3) is 4.11. The van der Waals surface area contributed by atoms with E-state index in [4.69, 9.17) is 4.74 Å². The predicted octanol–water partition coefficient (Wildman–Crippen LogP) is 5.74. The lowest BCUT2D eigenvalue weighted by molar-refractivity contribution is -0.182. The SMILES string of the molecule is CC1(C)CC(=O)c2ccc(C3=CCCCc4nc(NCC5(C(F)(F)F)CC5)ncc43)cc2O1. The summed E-state index contributed by atoms with van der Waals surface area (Å²) in [6, 6.07) is 5.60. The molecule has 0 spiro atoms. The fourth-order valence-corrected chi connectivity index (χ4v) is 4.60. The van der Waals surface area contributed by atoms with Crippen LogP contribution in [0.5, 0.6) is 5.75 Å². The zero-order valence-corrected chi connectivity index (χ0v) is 18.7. The number of aromatic nitrogens is 2. The van der Waals surface area contributed by atoms with Crippen molar-refractivity contribution in [2.45, 2.75) is 64.1 Å². The Morgan fingerprint density at radius 2 is 1.97 bits per heavy atom. The Kier molecular flexibility index (Phi) is 5.03. The maximum Gasteiger partial charge on any atom is 0.396 e. The molecular weight excluding hydrogens is 431 g/mol. The maximum atomic E-state index is 13.2. The second-order valence-electron chi connectivity index (χ2n) is 9.87. The highest BCUT2D eigenvalue weighted by molar-refractivity contribution is 6.01. The van der Waals surface area contributed by atoms with Crippen LogP contribution < -0.4 is 10.1 Å². The first-order valence-corrected chi connectivity index (χ1v) is 11.3. The van der Waals surface area contributed by atoms with Gasteiger partial charge >= 0.3 is 6.18 Å². The Labute approximate surface area is 190 Å². The number of allylic oxidation sites excluding steroid dienone is 1.